The number of ether oxygens (including phenoxy) is 1. The first-order chi connectivity index (χ1) is 10.1. The highest BCUT2D eigenvalue weighted by Gasteiger charge is 2.33. The van der Waals surface area contributed by atoms with Crippen molar-refractivity contribution in [2.45, 2.75) is 45.4 Å². The minimum Gasteiger partial charge on any atom is -0.465 e. The summed E-state index contributed by atoms with van der Waals surface area (Å²) in [6.45, 7) is 2.21. The van der Waals surface area contributed by atoms with Crippen molar-refractivity contribution in [3.8, 4) is 0 Å². The lowest BCUT2D eigenvalue weighted by Gasteiger charge is -2.20. The van der Waals surface area contributed by atoms with Crippen molar-refractivity contribution in [3.05, 3.63) is 16.0 Å². The molecular weight excluding hydrogens is 286 g/mol. The predicted octanol–water partition coefficient (Wildman–Crippen LogP) is 3.40. The van der Waals surface area contributed by atoms with Gasteiger partial charge in [-0.15, -0.1) is 11.3 Å². The van der Waals surface area contributed by atoms with Crippen LogP contribution in [0, 0.1) is 11.8 Å². The number of nitrogens with one attached hydrogen (secondary N) is 1. The van der Waals surface area contributed by atoms with Crippen LogP contribution >= 0.6 is 11.3 Å². The van der Waals surface area contributed by atoms with E-state index < -0.39 is 0 Å². The van der Waals surface area contributed by atoms with Gasteiger partial charge in [0, 0.05) is 10.8 Å². The molecule has 114 valence electrons. The molecule has 21 heavy (non-hydrogen) atoms. The Bertz CT molecular complexity index is 574. The summed E-state index contributed by atoms with van der Waals surface area (Å²) in [6, 6.07) is 0. The molecule has 0 radical (unpaired) electrons. The van der Waals surface area contributed by atoms with Gasteiger partial charge in [-0.1, -0.05) is 13.3 Å². The Kier molecular flexibility index (Phi) is 4.02. The zero-order chi connectivity index (χ0) is 15.0. The third-order valence-electron chi connectivity index (χ3n) is 4.52. The standard InChI is InChI=1S/C16H21NO3S/c1-3-9-4-7-11-12(8-9)21-15(13(11)16(19)20-2)17-14(18)10-5-6-10/h9-10H,3-8H2,1-2H3,(H,17,18)/t9-/m1/s1. The molecule has 1 amide bonds. The van der Waals surface area contributed by atoms with Gasteiger partial charge >= 0.3 is 5.97 Å². The molecule has 1 aromatic rings. The summed E-state index contributed by atoms with van der Waals surface area (Å²) in [4.78, 5) is 25.4. The molecule has 1 saturated carbocycles. The van der Waals surface area contributed by atoms with Crippen LogP contribution in [0.5, 0.6) is 0 Å². The Morgan fingerprint density at radius 3 is 2.71 bits per heavy atom. The Hall–Kier alpha value is -1.36. The van der Waals surface area contributed by atoms with Gasteiger partial charge in [0.25, 0.3) is 0 Å². The van der Waals surface area contributed by atoms with Gasteiger partial charge in [-0.3, -0.25) is 4.79 Å². The first-order valence-electron chi connectivity index (χ1n) is 7.67. The lowest BCUT2D eigenvalue weighted by Crippen LogP contribution is -2.17. The van der Waals surface area contributed by atoms with E-state index in [1.807, 2.05) is 0 Å². The molecule has 1 fully saturated rings. The van der Waals surface area contributed by atoms with Crippen LogP contribution in [0.3, 0.4) is 0 Å². The zero-order valence-electron chi connectivity index (χ0n) is 12.5. The molecule has 0 saturated heterocycles. The number of hydrogen-bond acceptors (Lipinski definition) is 4. The molecule has 3 rings (SSSR count). The van der Waals surface area contributed by atoms with Gasteiger partial charge in [0.15, 0.2) is 0 Å². The summed E-state index contributed by atoms with van der Waals surface area (Å²) in [5.74, 6) is 0.547. The Morgan fingerprint density at radius 1 is 1.33 bits per heavy atom. The number of carbonyl (C=O) groups is 2. The van der Waals surface area contributed by atoms with E-state index in [0.717, 1.165) is 44.1 Å². The van der Waals surface area contributed by atoms with Crippen molar-refractivity contribution >= 4 is 28.2 Å². The van der Waals surface area contributed by atoms with Crippen LogP contribution in [0.1, 0.15) is 53.4 Å². The second-order valence-corrected chi connectivity index (χ2v) is 7.09. The van der Waals surface area contributed by atoms with Gasteiger partial charge in [-0.25, -0.2) is 4.79 Å². The van der Waals surface area contributed by atoms with Gasteiger partial charge in [0.1, 0.15) is 5.00 Å². The van der Waals surface area contributed by atoms with E-state index in [-0.39, 0.29) is 17.8 Å². The number of methoxy groups -OCH3 is 1. The van der Waals surface area contributed by atoms with Crippen molar-refractivity contribution in [1.82, 2.24) is 0 Å². The SMILES string of the molecule is CC[C@@H]1CCc2c(sc(NC(=O)C3CC3)c2C(=O)OC)C1. The first kappa shape index (κ1) is 14.6. The topological polar surface area (TPSA) is 55.4 Å². The van der Waals surface area contributed by atoms with Crippen LogP contribution in [0.4, 0.5) is 5.00 Å². The molecule has 4 nitrogen and oxygen atoms in total. The number of anilines is 1. The van der Waals surface area contributed by atoms with Crippen LogP contribution in [0.25, 0.3) is 0 Å². The molecule has 0 aliphatic heterocycles. The molecule has 0 aromatic carbocycles. The van der Waals surface area contributed by atoms with E-state index in [9.17, 15) is 9.59 Å². The second-order valence-electron chi connectivity index (χ2n) is 5.98. The average molecular weight is 307 g/mol. The third kappa shape index (κ3) is 2.84. The number of rotatable bonds is 4. The van der Waals surface area contributed by atoms with E-state index in [0.29, 0.717) is 16.5 Å². The van der Waals surface area contributed by atoms with Crippen molar-refractivity contribution in [3.63, 3.8) is 0 Å². The minimum atomic E-state index is -0.325. The fourth-order valence-electron chi connectivity index (χ4n) is 2.97. The molecule has 5 heteroatoms. The molecule has 0 spiro atoms. The Morgan fingerprint density at radius 2 is 2.10 bits per heavy atom. The maximum atomic E-state index is 12.1. The molecule has 0 unspecified atom stereocenters. The first-order valence-corrected chi connectivity index (χ1v) is 8.49. The van der Waals surface area contributed by atoms with E-state index >= 15 is 0 Å². The largest absolute Gasteiger partial charge is 0.465 e. The predicted molar refractivity (Wildman–Crippen MR) is 82.8 cm³/mol. The third-order valence-corrected chi connectivity index (χ3v) is 5.69. The van der Waals surface area contributed by atoms with Crippen LogP contribution in [0.2, 0.25) is 0 Å². The van der Waals surface area contributed by atoms with Crippen molar-refractivity contribution in [2.24, 2.45) is 11.8 Å². The van der Waals surface area contributed by atoms with Crippen LogP contribution in [-0.4, -0.2) is 19.0 Å². The zero-order valence-corrected chi connectivity index (χ0v) is 13.3. The summed E-state index contributed by atoms with van der Waals surface area (Å²) in [5.41, 5.74) is 1.70. The molecule has 1 N–H and O–H groups in total. The fraction of sp³-hybridized carbons (Fsp3) is 0.625. The van der Waals surface area contributed by atoms with Crippen molar-refractivity contribution in [1.29, 1.82) is 0 Å². The molecule has 1 aromatic heterocycles. The molecule has 0 bridgehead atoms. The van der Waals surface area contributed by atoms with Gasteiger partial charge < -0.3 is 10.1 Å². The number of thiophene rings is 1. The second kappa shape index (κ2) is 5.79. The highest BCUT2D eigenvalue weighted by Crippen LogP contribution is 2.41. The van der Waals surface area contributed by atoms with Crippen LogP contribution in [0.15, 0.2) is 0 Å². The normalized spacial score (nSPS) is 20.8. The van der Waals surface area contributed by atoms with Crippen LogP contribution < -0.4 is 5.32 Å². The number of hydrogen-bond donors (Lipinski definition) is 1. The van der Waals surface area contributed by atoms with Gasteiger partial charge in [0.05, 0.1) is 12.7 Å². The summed E-state index contributed by atoms with van der Waals surface area (Å²) in [5, 5.41) is 3.65. The Balaban J connectivity index is 1.92. The molecular formula is C16H21NO3S. The average Bonchev–Trinajstić information content (AvgIpc) is 3.28. The molecule has 1 atom stereocenters. The number of amides is 1. The van der Waals surface area contributed by atoms with Gasteiger partial charge in [-0.05, 0) is 43.6 Å². The van der Waals surface area contributed by atoms with Crippen molar-refractivity contribution in [2.75, 3.05) is 12.4 Å². The molecule has 2 aliphatic rings. The lowest BCUT2D eigenvalue weighted by atomic mass is 9.85. The lowest BCUT2D eigenvalue weighted by molar-refractivity contribution is -0.117. The summed E-state index contributed by atoms with van der Waals surface area (Å²) < 4.78 is 4.93. The van der Waals surface area contributed by atoms with E-state index in [2.05, 4.69) is 12.2 Å². The minimum absolute atomic E-state index is 0.0470. The highest BCUT2D eigenvalue weighted by molar-refractivity contribution is 7.17. The van der Waals surface area contributed by atoms with E-state index in [1.54, 1.807) is 11.3 Å². The quantitative estimate of drug-likeness (QED) is 0.867. The van der Waals surface area contributed by atoms with Crippen LogP contribution in [-0.2, 0) is 22.4 Å². The molecule has 2 aliphatic carbocycles. The van der Waals surface area contributed by atoms with Crippen molar-refractivity contribution < 1.29 is 14.3 Å². The monoisotopic (exact) mass is 307 g/mol. The maximum absolute atomic E-state index is 12.1. The molecule has 1 heterocycles. The smallest absolute Gasteiger partial charge is 0.341 e. The maximum Gasteiger partial charge on any atom is 0.341 e. The number of fused-ring (bicyclic) bond motifs is 1. The van der Waals surface area contributed by atoms with Gasteiger partial charge in [0.2, 0.25) is 5.91 Å². The number of esters is 1. The van der Waals surface area contributed by atoms with Gasteiger partial charge in [-0.2, -0.15) is 0 Å². The summed E-state index contributed by atoms with van der Waals surface area (Å²) in [7, 11) is 1.40. The Labute approximate surface area is 128 Å². The summed E-state index contributed by atoms with van der Waals surface area (Å²) >= 11 is 1.57. The highest BCUT2D eigenvalue weighted by atomic mass is 32.1. The fourth-order valence-corrected chi connectivity index (χ4v) is 4.32. The van der Waals surface area contributed by atoms with E-state index in [4.69, 9.17) is 4.74 Å². The summed E-state index contributed by atoms with van der Waals surface area (Å²) in [6.07, 6.45) is 6.12. The number of carbonyl (C=O) groups excluding carboxylic acids is 2. The van der Waals surface area contributed by atoms with E-state index in [1.165, 1.54) is 12.0 Å².